The van der Waals surface area contributed by atoms with Crippen molar-refractivity contribution < 1.29 is 0 Å². The molecule has 0 aliphatic heterocycles. The third-order valence-corrected chi connectivity index (χ3v) is 2.17. The van der Waals surface area contributed by atoms with Gasteiger partial charge < -0.3 is 0 Å². The van der Waals surface area contributed by atoms with Gasteiger partial charge in [0, 0.05) is 21.4 Å². The van der Waals surface area contributed by atoms with Gasteiger partial charge in [-0.2, -0.15) is 4.37 Å². The van der Waals surface area contributed by atoms with E-state index >= 15 is 0 Å². The molecule has 4 nitrogen and oxygen atoms in total. The standard InChI is InChI=1S/C7H4N4S/c8-11-9-6-2-1-5-4-12-10-7(5)3-6/h1-4H. The maximum atomic E-state index is 8.18. The van der Waals surface area contributed by atoms with Gasteiger partial charge in [-0.3, -0.25) is 0 Å². The summed E-state index contributed by atoms with van der Waals surface area (Å²) in [5.74, 6) is 0. The first-order valence-corrected chi connectivity index (χ1v) is 4.13. The number of aromatic nitrogens is 1. The van der Waals surface area contributed by atoms with E-state index in [1.165, 1.54) is 11.5 Å². The molecule has 1 heterocycles. The lowest BCUT2D eigenvalue weighted by molar-refractivity contribution is 1.49. The zero-order valence-electron chi connectivity index (χ0n) is 6.01. The van der Waals surface area contributed by atoms with E-state index < -0.39 is 0 Å². The summed E-state index contributed by atoms with van der Waals surface area (Å²) in [6.07, 6.45) is 0. The van der Waals surface area contributed by atoms with Gasteiger partial charge in [0.15, 0.2) is 0 Å². The lowest BCUT2D eigenvalue weighted by Crippen LogP contribution is -1.65. The van der Waals surface area contributed by atoms with Crippen molar-refractivity contribution in [2.24, 2.45) is 5.11 Å². The van der Waals surface area contributed by atoms with Gasteiger partial charge in [0.1, 0.15) is 0 Å². The maximum Gasteiger partial charge on any atom is 0.0845 e. The summed E-state index contributed by atoms with van der Waals surface area (Å²) >= 11 is 1.39. The van der Waals surface area contributed by atoms with Crippen LogP contribution in [0.4, 0.5) is 5.69 Å². The van der Waals surface area contributed by atoms with Gasteiger partial charge in [0.05, 0.1) is 5.52 Å². The SMILES string of the molecule is [N-]=[N+]=Nc1ccc2csnc2c1. The highest BCUT2D eigenvalue weighted by molar-refractivity contribution is 7.04. The summed E-state index contributed by atoms with van der Waals surface area (Å²) < 4.78 is 4.12. The van der Waals surface area contributed by atoms with Crippen LogP contribution in [0.15, 0.2) is 28.7 Å². The Bertz CT molecular complexity index is 455. The average Bonchev–Trinajstić information content (AvgIpc) is 2.51. The number of hydrogen-bond acceptors (Lipinski definition) is 3. The highest BCUT2D eigenvalue weighted by Crippen LogP contribution is 2.21. The largest absolute Gasteiger partial charge is 0.193 e. The highest BCUT2D eigenvalue weighted by Gasteiger charge is 1.95. The van der Waals surface area contributed by atoms with Gasteiger partial charge in [0.25, 0.3) is 0 Å². The van der Waals surface area contributed by atoms with E-state index in [9.17, 15) is 0 Å². The Morgan fingerprint density at radius 3 is 3.25 bits per heavy atom. The minimum Gasteiger partial charge on any atom is -0.193 e. The Hall–Kier alpha value is -1.58. The fourth-order valence-electron chi connectivity index (χ4n) is 0.965. The van der Waals surface area contributed by atoms with Crippen molar-refractivity contribution in [1.82, 2.24) is 4.37 Å². The molecule has 5 heteroatoms. The summed E-state index contributed by atoms with van der Waals surface area (Å²) in [6, 6.07) is 5.44. The molecule has 2 rings (SSSR count). The van der Waals surface area contributed by atoms with Crippen molar-refractivity contribution in [2.45, 2.75) is 0 Å². The van der Waals surface area contributed by atoms with Crippen LogP contribution in [0.5, 0.6) is 0 Å². The lowest BCUT2D eigenvalue weighted by Gasteiger charge is -1.89. The van der Waals surface area contributed by atoms with Crippen molar-refractivity contribution in [3.63, 3.8) is 0 Å². The fourth-order valence-corrected chi connectivity index (χ4v) is 1.60. The lowest BCUT2D eigenvalue weighted by atomic mass is 10.2. The van der Waals surface area contributed by atoms with Crippen LogP contribution in [0.25, 0.3) is 21.3 Å². The second-order valence-electron chi connectivity index (χ2n) is 2.25. The molecule has 0 fully saturated rings. The topological polar surface area (TPSA) is 61.7 Å². The zero-order valence-corrected chi connectivity index (χ0v) is 6.82. The van der Waals surface area contributed by atoms with Gasteiger partial charge in [-0.25, -0.2) is 0 Å². The second kappa shape index (κ2) is 2.81. The predicted octanol–water partition coefficient (Wildman–Crippen LogP) is 3.24. The molecule has 0 saturated carbocycles. The quantitative estimate of drug-likeness (QED) is 0.373. The third-order valence-electron chi connectivity index (χ3n) is 1.50. The van der Waals surface area contributed by atoms with Gasteiger partial charge in [-0.15, -0.1) is 0 Å². The normalized spacial score (nSPS) is 9.67. The summed E-state index contributed by atoms with van der Waals surface area (Å²) in [6.45, 7) is 0. The first kappa shape index (κ1) is 7.09. The van der Waals surface area contributed by atoms with Crippen molar-refractivity contribution in [1.29, 1.82) is 0 Å². The Morgan fingerprint density at radius 2 is 2.42 bits per heavy atom. The molecule has 2 aromatic rings. The first-order chi connectivity index (χ1) is 5.90. The summed E-state index contributed by atoms with van der Waals surface area (Å²) in [5.41, 5.74) is 9.67. The minimum atomic E-state index is 0.607. The van der Waals surface area contributed by atoms with Gasteiger partial charge in [-0.1, -0.05) is 17.2 Å². The second-order valence-corrected chi connectivity index (χ2v) is 2.88. The number of hydrogen-bond donors (Lipinski definition) is 0. The Kier molecular flexibility index (Phi) is 1.66. The van der Waals surface area contributed by atoms with Crippen LogP contribution in [0.1, 0.15) is 0 Å². The zero-order chi connectivity index (χ0) is 8.39. The molecule has 0 aliphatic carbocycles. The Morgan fingerprint density at radius 1 is 1.50 bits per heavy atom. The summed E-state index contributed by atoms with van der Waals surface area (Å²) in [7, 11) is 0. The van der Waals surface area contributed by atoms with E-state index in [0.29, 0.717) is 5.69 Å². The van der Waals surface area contributed by atoms with Crippen LogP contribution in [-0.4, -0.2) is 4.37 Å². The van der Waals surface area contributed by atoms with E-state index in [0.717, 1.165) is 10.9 Å². The van der Waals surface area contributed by atoms with Crippen LogP contribution in [0, 0.1) is 0 Å². The van der Waals surface area contributed by atoms with Crippen LogP contribution in [-0.2, 0) is 0 Å². The molecule has 0 radical (unpaired) electrons. The Labute approximate surface area is 72.2 Å². The molecular formula is C7H4N4S. The number of rotatable bonds is 1. The van der Waals surface area contributed by atoms with Crippen LogP contribution in [0.3, 0.4) is 0 Å². The number of azide groups is 1. The van der Waals surface area contributed by atoms with Gasteiger partial charge >= 0.3 is 0 Å². The van der Waals surface area contributed by atoms with Crippen molar-refractivity contribution >= 4 is 28.1 Å². The number of benzene rings is 1. The molecule has 1 aromatic heterocycles. The van der Waals surface area contributed by atoms with E-state index in [2.05, 4.69) is 14.4 Å². The molecule has 0 saturated heterocycles. The van der Waals surface area contributed by atoms with Crippen LogP contribution < -0.4 is 0 Å². The molecule has 0 N–H and O–H groups in total. The molecule has 0 atom stereocenters. The summed E-state index contributed by atoms with van der Waals surface area (Å²) in [5, 5.41) is 6.52. The Balaban J connectivity index is 2.67. The molecule has 12 heavy (non-hydrogen) atoms. The molecule has 58 valence electrons. The van der Waals surface area contributed by atoms with E-state index in [1.54, 1.807) is 12.1 Å². The predicted molar refractivity (Wildman–Crippen MR) is 48.4 cm³/mol. The first-order valence-electron chi connectivity index (χ1n) is 3.29. The van der Waals surface area contributed by atoms with Crippen molar-refractivity contribution in [3.8, 4) is 0 Å². The molecule has 0 unspecified atom stereocenters. The molecule has 0 aliphatic rings. The van der Waals surface area contributed by atoms with E-state index in [-0.39, 0.29) is 0 Å². The van der Waals surface area contributed by atoms with Crippen LogP contribution in [0.2, 0.25) is 0 Å². The van der Waals surface area contributed by atoms with E-state index in [4.69, 9.17) is 5.53 Å². The maximum absolute atomic E-state index is 8.18. The summed E-state index contributed by atoms with van der Waals surface area (Å²) in [4.78, 5) is 2.70. The number of nitrogens with zero attached hydrogens (tertiary/aromatic N) is 4. The highest BCUT2D eigenvalue weighted by atomic mass is 32.1. The number of fused-ring (bicyclic) bond motifs is 1. The third kappa shape index (κ3) is 1.11. The molecule has 0 amide bonds. The van der Waals surface area contributed by atoms with Crippen molar-refractivity contribution in [2.75, 3.05) is 0 Å². The molecule has 0 bridgehead atoms. The molecule has 1 aromatic carbocycles. The van der Waals surface area contributed by atoms with Gasteiger partial charge in [0.2, 0.25) is 0 Å². The van der Waals surface area contributed by atoms with Gasteiger partial charge in [-0.05, 0) is 23.1 Å². The van der Waals surface area contributed by atoms with Crippen LogP contribution >= 0.6 is 11.5 Å². The molecule has 0 spiro atoms. The van der Waals surface area contributed by atoms with Crippen molar-refractivity contribution in [3.05, 3.63) is 34.0 Å². The smallest absolute Gasteiger partial charge is 0.0845 e. The molecular weight excluding hydrogens is 172 g/mol. The average molecular weight is 176 g/mol. The fraction of sp³-hybridized carbons (Fsp3) is 0. The minimum absolute atomic E-state index is 0.607. The monoisotopic (exact) mass is 176 g/mol. The van der Waals surface area contributed by atoms with E-state index in [1.807, 2.05) is 11.4 Å².